The van der Waals surface area contributed by atoms with Gasteiger partial charge in [0.1, 0.15) is 6.10 Å². The maximum Gasteiger partial charge on any atom is 0.219 e. The van der Waals surface area contributed by atoms with Crippen molar-refractivity contribution in [3.8, 4) is 5.88 Å². The number of ether oxygens (including phenoxy) is 1. The SMILES string of the molecule is COc1ncc(Cl)cc1C(O)C(O)CSC(C)=O. The summed E-state index contributed by atoms with van der Waals surface area (Å²) in [7, 11) is 1.41. The summed E-state index contributed by atoms with van der Waals surface area (Å²) in [5, 5.41) is 20.0. The van der Waals surface area contributed by atoms with Crippen molar-refractivity contribution in [1.29, 1.82) is 0 Å². The molecule has 2 N–H and O–H groups in total. The zero-order chi connectivity index (χ0) is 13.7. The molecule has 18 heavy (non-hydrogen) atoms. The lowest BCUT2D eigenvalue weighted by molar-refractivity contribution is -0.109. The molecule has 0 saturated carbocycles. The molecule has 0 aliphatic carbocycles. The first-order valence-corrected chi connectivity index (χ1v) is 6.51. The Balaban J connectivity index is 2.84. The minimum absolute atomic E-state index is 0.0895. The van der Waals surface area contributed by atoms with Gasteiger partial charge in [-0.25, -0.2) is 4.98 Å². The van der Waals surface area contributed by atoms with Crippen LogP contribution >= 0.6 is 23.4 Å². The van der Waals surface area contributed by atoms with Crippen molar-refractivity contribution < 1.29 is 19.7 Å². The second-order valence-electron chi connectivity index (χ2n) is 3.57. The van der Waals surface area contributed by atoms with Gasteiger partial charge in [-0.2, -0.15) is 0 Å². The lowest BCUT2D eigenvalue weighted by Gasteiger charge is -2.19. The minimum Gasteiger partial charge on any atom is -0.481 e. The molecule has 1 aromatic rings. The molecule has 0 bridgehead atoms. The molecule has 100 valence electrons. The van der Waals surface area contributed by atoms with Gasteiger partial charge in [0, 0.05) is 24.4 Å². The summed E-state index contributed by atoms with van der Waals surface area (Å²) in [6.45, 7) is 1.39. The molecule has 5 nitrogen and oxygen atoms in total. The second kappa shape index (κ2) is 6.94. The van der Waals surface area contributed by atoms with E-state index < -0.39 is 12.2 Å². The third-order valence-electron chi connectivity index (χ3n) is 2.18. The van der Waals surface area contributed by atoms with Crippen LogP contribution in [0.1, 0.15) is 18.6 Å². The van der Waals surface area contributed by atoms with Crippen LogP contribution in [-0.2, 0) is 4.79 Å². The van der Waals surface area contributed by atoms with E-state index >= 15 is 0 Å². The number of pyridine rings is 1. The van der Waals surface area contributed by atoms with Gasteiger partial charge in [0.05, 0.1) is 18.2 Å². The van der Waals surface area contributed by atoms with E-state index in [1.54, 1.807) is 0 Å². The van der Waals surface area contributed by atoms with Gasteiger partial charge in [-0.1, -0.05) is 23.4 Å². The van der Waals surface area contributed by atoms with Crippen molar-refractivity contribution in [1.82, 2.24) is 4.98 Å². The molecule has 1 rings (SSSR count). The number of halogens is 1. The van der Waals surface area contributed by atoms with Crippen LogP contribution in [0, 0.1) is 0 Å². The van der Waals surface area contributed by atoms with Crippen LogP contribution in [0.15, 0.2) is 12.3 Å². The van der Waals surface area contributed by atoms with Crippen LogP contribution in [-0.4, -0.2) is 39.3 Å². The van der Waals surface area contributed by atoms with Crippen molar-refractivity contribution in [2.24, 2.45) is 0 Å². The standard InChI is InChI=1S/C11H14ClNO4S/c1-6(14)18-5-9(15)10(16)8-3-7(12)4-13-11(8)17-2/h3-4,9-10,15-16H,5H2,1-2H3. The second-order valence-corrected chi connectivity index (χ2v) is 5.20. The quantitative estimate of drug-likeness (QED) is 0.854. The zero-order valence-electron chi connectivity index (χ0n) is 9.96. The number of thioether (sulfide) groups is 1. The first-order valence-electron chi connectivity index (χ1n) is 5.14. The molecule has 0 saturated heterocycles. The van der Waals surface area contributed by atoms with Crippen LogP contribution in [0.2, 0.25) is 5.02 Å². The molecule has 0 fully saturated rings. The van der Waals surface area contributed by atoms with Crippen molar-refractivity contribution in [3.05, 3.63) is 22.8 Å². The normalized spacial score (nSPS) is 14.1. The molecule has 0 radical (unpaired) electrons. The van der Waals surface area contributed by atoms with E-state index in [2.05, 4.69) is 4.98 Å². The molecule has 2 unspecified atom stereocenters. The molecule has 0 aliphatic heterocycles. The average molecular weight is 292 g/mol. The maximum atomic E-state index is 10.8. The van der Waals surface area contributed by atoms with Gasteiger partial charge < -0.3 is 14.9 Å². The van der Waals surface area contributed by atoms with E-state index in [0.29, 0.717) is 10.6 Å². The van der Waals surface area contributed by atoms with E-state index in [1.807, 2.05) is 0 Å². The van der Waals surface area contributed by atoms with Crippen molar-refractivity contribution in [2.75, 3.05) is 12.9 Å². The fourth-order valence-electron chi connectivity index (χ4n) is 1.33. The Labute approximate surface area is 114 Å². The Kier molecular flexibility index (Phi) is 5.87. The summed E-state index contributed by atoms with van der Waals surface area (Å²) < 4.78 is 4.98. The molecule has 0 aromatic carbocycles. The molecule has 1 heterocycles. The average Bonchev–Trinajstić information content (AvgIpc) is 2.34. The number of carbonyl (C=O) groups is 1. The Morgan fingerprint density at radius 1 is 1.61 bits per heavy atom. The van der Waals surface area contributed by atoms with E-state index in [1.165, 1.54) is 26.3 Å². The highest BCUT2D eigenvalue weighted by Crippen LogP contribution is 2.29. The smallest absolute Gasteiger partial charge is 0.219 e. The van der Waals surface area contributed by atoms with E-state index in [9.17, 15) is 15.0 Å². The van der Waals surface area contributed by atoms with Crippen LogP contribution < -0.4 is 4.74 Å². The molecule has 7 heteroatoms. The van der Waals surface area contributed by atoms with Gasteiger partial charge in [0.15, 0.2) is 5.12 Å². The van der Waals surface area contributed by atoms with Crippen LogP contribution in [0.4, 0.5) is 0 Å². The van der Waals surface area contributed by atoms with Crippen LogP contribution in [0.3, 0.4) is 0 Å². The highest BCUT2D eigenvalue weighted by atomic mass is 35.5. The molecular weight excluding hydrogens is 278 g/mol. The summed E-state index contributed by atoms with van der Waals surface area (Å²) in [4.78, 5) is 14.7. The summed E-state index contributed by atoms with van der Waals surface area (Å²) >= 11 is 6.72. The summed E-state index contributed by atoms with van der Waals surface area (Å²) in [5.41, 5.74) is 0.293. The predicted molar refractivity (Wildman–Crippen MR) is 69.9 cm³/mol. The van der Waals surface area contributed by atoms with Gasteiger partial charge in [-0.05, 0) is 6.07 Å². The minimum atomic E-state index is -1.21. The number of carbonyl (C=O) groups excluding carboxylic acids is 1. The number of aliphatic hydroxyl groups excluding tert-OH is 2. The van der Waals surface area contributed by atoms with E-state index in [4.69, 9.17) is 16.3 Å². The van der Waals surface area contributed by atoms with E-state index in [0.717, 1.165) is 11.8 Å². The number of rotatable bonds is 5. The third kappa shape index (κ3) is 4.13. The third-order valence-corrected chi connectivity index (χ3v) is 3.30. The number of hydrogen-bond donors (Lipinski definition) is 2. The number of methoxy groups -OCH3 is 1. The fourth-order valence-corrected chi connectivity index (χ4v) is 2.08. The van der Waals surface area contributed by atoms with Crippen LogP contribution in [0.5, 0.6) is 5.88 Å². The first-order chi connectivity index (χ1) is 8.45. The Hall–Kier alpha value is -0.820. The summed E-state index contributed by atoms with van der Waals surface area (Å²) in [6, 6.07) is 1.47. The fraction of sp³-hybridized carbons (Fsp3) is 0.455. The molecule has 2 atom stereocenters. The first kappa shape index (κ1) is 15.2. The zero-order valence-corrected chi connectivity index (χ0v) is 11.5. The Bertz CT molecular complexity index is 430. The largest absolute Gasteiger partial charge is 0.481 e. The number of nitrogens with zero attached hydrogens (tertiary/aromatic N) is 1. The van der Waals surface area contributed by atoms with Gasteiger partial charge in [0.2, 0.25) is 5.88 Å². The Morgan fingerprint density at radius 2 is 2.28 bits per heavy atom. The lowest BCUT2D eigenvalue weighted by Crippen LogP contribution is -2.22. The van der Waals surface area contributed by atoms with Crippen LogP contribution in [0.25, 0.3) is 0 Å². The lowest BCUT2D eigenvalue weighted by atomic mass is 10.1. The highest BCUT2D eigenvalue weighted by Gasteiger charge is 2.23. The van der Waals surface area contributed by atoms with Crippen molar-refractivity contribution in [3.63, 3.8) is 0 Å². The molecule has 1 aromatic heterocycles. The molecule has 0 aliphatic rings. The monoisotopic (exact) mass is 291 g/mol. The highest BCUT2D eigenvalue weighted by molar-refractivity contribution is 8.13. The maximum absolute atomic E-state index is 10.8. The van der Waals surface area contributed by atoms with Gasteiger partial charge in [-0.3, -0.25) is 4.79 Å². The molecule has 0 amide bonds. The van der Waals surface area contributed by atoms with Gasteiger partial charge in [0.25, 0.3) is 0 Å². The summed E-state index contributed by atoms with van der Waals surface area (Å²) in [5.74, 6) is 0.283. The Morgan fingerprint density at radius 3 is 2.83 bits per heavy atom. The number of aromatic nitrogens is 1. The van der Waals surface area contributed by atoms with Crippen molar-refractivity contribution >= 4 is 28.5 Å². The molecular formula is C11H14ClNO4S. The summed E-state index contributed by atoms with van der Waals surface area (Å²) in [6.07, 6.45) is -0.932. The van der Waals surface area contributed by atoms with Gasteiger partial charge >= 0.3 is 0 Å². The van der Waals surface area contributed by atoms with E-state index in [-0.39, 0.29) is 16.7 Å². The van der Waals surface area contributed by atoms with Gasteiger partial charge in [-0.15, -0.1) is 0 Å². The number of aliphatic hydroxyl groups is 2. The predicted octanol–water partition coefficient (Wildman–Crippen LogP) is 1.42. The molecule has 0 spiro atoms. The topological polar surface area (TPSA) is 79.7 Å². The van der Waals surface area contributed by atoms with Crippen molar-refractivity contribution in [2.45, 2.75) is 19.1 Å². The number of hydrogen-bond acceptors (Lipinski definition) is 6.